The van der Waals surface area contributed by atoms with E-state index in [0.29, 0.717) is 6.54 Å². The maximum Gasteiger partial charge on any atom is 0.137 e. The summed E-state index contributed by atoms with van der Waals surface area (Å²) in [6.45, 7) is 4.28. The third-order valence-electron chi connectivity index (χ3n) is 4.16. The zero-order chi connectivity index (χ0) is 15.5. The first-order valence-electron chi connectivity index (χ1n) is 7.59. The Morgan fingerprint density at radius 3 is 2.95 bits per heavy atom. The average molecular weight is 302 g/mol. The van der Waals surface area contributed by atoms with Crippen LogP contribution >= 0.6 is 0 Å². The van der Waals surface area contributed by atoms with Crippen molar-refractivity contribution in [2.45, 2.75) is 26.0 Å². The van der Waals surface area contributed by atoms with Crippen molar-refractivity contribution in [3.63, 3.8) is 0 Å². The van der Waals surface area contributed by atoms with Crippen LogP contribution in [0.5, 0.6) is 5.75 Å². The lowest BCUT2D eigenvalue weighted by Crippen LogP contribution is -2.21. The van der Waals surface area contributed by atoms with E-state index in [4.69, 9.17) is 9.26 Å². The summed E-state index contributed by atoms with van der Waals surface area (Å²) >= 11 is 0. The molecule has 1 aromatic carbocycles. The van der Waals surface area contributed by atoms with Crippen molar-refractivity contribution in [2.24, 2.45) is 5.92 Å². The molecule has 5 nitrogen and oxygen atoms in total. The third kappa shape index (κ3) is 3.48. The van der Waals surface area contributed by atoms with Gasteiger partial charge in [0, 0.05) is 38.0 Å². The Balaban J connectivity index is 1.60. The van der Waals surface area contributed by atoms with E-state index in [1.54, 1.807) is 7.11 Å². The molecule has 118 valence electrons. The van der Waals surface area contributed by atoms with E-state index >= 15 is 0 Å². The fourth-order valence-corrected chi connectivity index (χ4v) is 3.07. The van der Waals surface area contributed by atoms with Gasteiger partial charge in [0.1, 0.15) is 11.5 Å². The summed E-state index contributed by atoms with van der Waals surface area (Å²) in [5.41, 5.74) is 2.08. The van der Waals surface area contributed by atoms with Crippen LogP contribution in [0.15, 0.2) is 34.9 Å². The second kappa shape index (κ2) is 6.50. The van der Waals surface area contributed by atoms with Crippen molar-refractivity contribution in [3.8, 4) is 5.75 Å². The van der Waals surface area contributed by atoms with E-state index in [1.807, 2.05) is 31.2 Å². The number of ether oxygens (including phenoxy) is 1. The predicted octanol–water partition coefficient (Wildman–Crippen LogP) is 2.03. The first-order chi connectivity index (χ1) is 10.6. The highest BCUT2D eigenvalue weighted by Gasteiger charge is 2.32. The molecular formula is C17H22N2O3. The largest absolute Gasteiger partial charge is 0.497 e. The Labute approximate surface area is 130 Å². The van der Waals surface area contributed by atoms with Gasteiger partial charge in [-0.05, 0) is 24.6 Å². The molecule has 1 N–H and O–H groups in total. The Kier molecular flexibility index (Phi) is 4.45. The first-order valence-corrected chi connectivity index (χ1v) is 7.59. The van der Waals surface area contributed by atoms with Crippen LogP contribution in [0.2, 0.25) is 0 Å². The molecule has 1 saturated heterocycles. The number of benzene rings is 1. The number of aromatic nitrogens is 1. The van der Waals surface area contributed by atoms with Crippen LogP contribution in [0.1, 0.15) is 17.0 Å². The molecule has 0 spiro atoms. The summed E-state index contributed by atoms with van der Waals surface area (Å²) in [4.78, 5) is 2.27. The second-order valence-corrected chi connectivity index (χ2v) is 6.01. The van der Waals surface area contributed by atoms with Gasteiger partial charge in [-0.1, -0.05) is 17.3 Å². The summed E-state index contributed by atoms with van der Waals surface area (Å²) in [7, 11) is 1.67. The molecule has 2 heterocycles. The van der Waals surface area contributed by atoms with E-state index in [-0.39, 0.29) is 12.0 Å². The average Bonchev–Trinajstić information content (AvgIpc) is 3.06. The van der Waals surface area contributed by atoms with Gasteiger partial charge in [-0.25, -0.2) is 0 Å². The number of β-amino-alcohol motifs (C(OH)–C–C–N with tert-alkyl or cyclic N) is 1. The smallest absolute Gasteiger partial charge is 0.137 e. The minimum absolute atomic E-state index is 0.193. The van der Waals surface area contributed by atoms with E-state index in [2.05, 4.69) is 16.1 Å². The molecule has 0 amide bonds. The number of aliphatic hydroxyl groups is 1. The summed E-state index contributed by atoms with van der Waals surface area (Å²) in [5.74, 6) is 1.91. The van der Waals surface area contributed by atoms with Crippen LogP contribution in [0.4, 0.5) is 0 Å². The van der Waals surface area contributed by atoms with Gasteiger partial charge in [-0.3, -0.25) is 4.90 Å². The minimum atomic E-state index is -0.323. The summed E-state index contributed by atoms with van der Waals surface area (Å²) in [6.07, 6.45) is 0.410. The molecule has 3 rings (SSSR count). The predicted molar refractivity (Wildman–Crippen MR) is 82.7 cm³/mol. The van der Waals surface area contributed by atoms with Gasteiger partial charge in [0.15, 0.2) is 0 Å². The van der Waals surface area contributed by atoms with Gasteiger partial charge in [0.2, 0.25) is 0 Å². The Morgan fingerprint density at radius 2 is 2.23 bits per heavy atom. The quantitative estimate of drug-likeness (QED) is 0.916. The number of aryl methyl sites for hydroxylation is 1. The van der Waals surface area contributed by atoms with Gasteiger partial charge < -0.3 is 14.4 Å². The number of methoxy groups -OCH3 is 1. The van der Waals surface area contributed by atoms with E-state index < -0.39 is 0 Å². The molecule has 2 aromatic rings. The SMILES string of the molecule is COc1cccc(CN2CC(O)C(Cc3cc(C)no3)C2)c1. The lowest BCUT2D eigenvalue weighted by Gasteiger charge is -2.15. The summed E-state index contributed by atoms with van der Waals surface area (Å²) < 4.78 is 10.5. The topological polar surface area (TPSA) is 58.7 Å². The van der Waals surface area contributed by atoms with Crippen molar-refractivity contribution in [3.05, 3.63) is 47.3 Å². The van der Waals surface area contributed by atoms with Crippen LogP contribution in [0.3, 0.4) is 0 Å². The Bertz CT molecular complexity index is 626. The molecule has 1 aliphatic rings. The van der Waals surface area contributed by atoms with Crippen LogP contribution < -0.4 is 4.74 Å². The monoisotopic (exact) mass is 302 g/mol. The first kappa shape index (κ1) is 15.1. The number of nitrogens with zero attached hydrogens (tertiary/aromatic N) is 2. The van der Waals surface area contributed by atoms with Gasteiger partial charge in [-0.2, -0.15) is 0 Å². The van der Waals surface area contributed by atoms with Crippen LogP contribution in [0, 0.1) is 12.8 Å². The van der Waals surface area contributed by atoms with Gasteiger partial charge in [0.25, 0.3) is 0 Å². The Hall–Kier alpha value is -1.85. The molecule has 2 atom stereocenters. The highest BCUT2D eigenvalue weighted by Crippen LogP contribution is 2.24. The van der Waals surface area contributed by atoms with Crippen molar-refractivity contribution in [2.75, 3.05) is 20.2 Å². The van der Waals surface area contributed by atoms with Gasteiger partial charge in [0.05, 0.1) is 18.9 Å². The highest BCUT2D eigenvalue weighted by atomic mass is 16.5. The van der Waals surface area contributed by atoms with E-state index in [9.17, 15) is 5.11 Å². The van der Waals surface area contributed by atoms with Crippen molar-refractivity contribution in [1.82, 2.24) is 10.1 Å². The zero-order valence-corrected chi connectivity index (χ0v) is 13.0. The molecule has 22 heavy (non-hydrogen) atoms. The number of likely N-dealkylation sites (tertiary alicyclic amines) is 1. The maximum absolute atomic E-state index is 10.3. The number of hydrogen-bond acceptors (Lipinski definition) is 5. The minimum Gasteiger partial charge on any atom is -0.497 e. The molecule has 5 heteroatoms. The highest BCUT2D eigenvalue weighted by molar-refractivity contribution is 5.28. The summed E-state index contributed by atoms with van der Waals surface area (Å²) in [5, 5.41) is 14.2. The van der Waals surface area contributed by atoms with Crippen LogP contribution in [0.25, 0.3) is 0 Å². The molecule has 1 aromatic heterocycles. The molecular weight excluding hydrogens is 280 g/mol. The fraction of sp³-hybridized carbons (Fsp3) is 0.471. The lowest BCUT2D eigenvalue weighted by molar-refractivity contribution is 0.137. The fourth-order valence-electron chi connectivity index (χ4n) is 3.07. The molecule has 0 radical (unpaired) electrons. The van der Waals surface area contributed by atoms with Crippen molar-refractivity contribution in [1.29, 1.82) is 0 Å². The second-order valence-electron chi connectivity index (χ2n) is 6.01. The van der Waals surface area contributed by atoms with Crippen LogP contribution in [-0.4, -0.2) is 41.5 Å². The molecule has 2 unspecified atom stereocenters. The normalized spacial score (nSPS) is 22.1. The molecule has 1 aliphatic heterocycles. The third-order valence-corrected chi connectivity index (χ3v) is 4.16. The zero-order valence-electron chi connectivity index (χ0n) is 13.0. The molecule has 0 saturated carbocycles. The Morgan fingerprint density at radius 1 is 1.36 bits per heavy atom. The molecule has 0 aliphatic carbocycles. The van der Waals surface area contributed by atoms with Gasteiger partial charge in [-0.15, -0.1) is 0 Å². The maximum atomic E-state index is 10.3. The van der Waals surface area contributed by atoms with E-state index in [1.165, 1.54) is 5.56 Å². The van der Waals surface area contributed by atoms with E-state index in [0.717, 1.165) is 36.7 Å². The van der Waals surface area contributed by atoms with Crippen molar-refractivity contribution >= 4 is 0 Å². The lowest BCUT2D eigenvalue weighted by atomic mass is 10.0. The van der Waals surface area contributed by atoms with Gasteiger partial charge >= 0.3 is 0 Å². The van der Waals surface area contributed by atoms with Crippen LogP contribution in [-0.2, 0) is 13.0 Å². The number of rotatable bonds is 5. The summed E-state index contributed by atoms with van der Waals surface area (Å²) in [6, 6.07) is 10.0. The molecule has 1 fully saturated rings. The standard InChI is InChI=1S/C17H22N2O3/c1-12-6-16(22-18-12)8-14-10-19(11-17(14)20)9-13-4-3-5-15(7-13)21-2/h3-7,14,17,20H,8-11H2,1-2H3. The van der Waals surface area contributed by atoms with Crippen molar-refractivity contribution < 1.29 is 14.4 Å². The number of aliphatic hydroxyl groups excluding tert-OH is 1. The molecule has 0 bridgehead atoms. The number of hydrogen-bond donors (Lipinski definition) is 1.